The van der Waals surface area contributed by atoms with E-state index in [4.69, 9.17) is 11.6 Å². The number of halogens is 4. The minimum atomic E-state index is -4.46. The highest BCUT2D eigenvalue weighted by atomic mass is 35.5. The van der Waals surface area contributed by atoms with Gasteiger partial charge in [0.15, 0.2) is 0 Å². The summed E-state index contributed by atoms with van der Waals surface area (Å²) in [6.07, 6.45) is -1.59. The molecule has 3 heterocycles. The maximum absolute atomic E-state index is 12.8. The molecule has 1 spiro atoms. The van der Waals surface area contributed by atoms with E-state index in [-0.39, 0.29) is 10.4 Å². The van der Waals surface area contributed by atoms with Crippen LogP contribution in [0.2, 0.25) is 5.02 Å². The molecule has 0 saturated carbocycles. The summed E-state index contributed by atoms with van der Waals surface area (Å²) in [5.74, 6) is 0.365. The standard InChI is InChI=1S/C16H21ClF3N3O/c1-22-6-3-13(24)15(9-22)4-2-5-23(10-15)14-12(17)7-11(8-21-14)16(18,19)20/h7-8,13,24H,2-6,9-10H2,1H3/t13-,15-/m0/s1. The van der Waals surface area contributed by atoms with Crippen molar-refractivity contribution in [2.24, 2.45) is 5.41 Å². The van der Waals surface area contributed by atoms with Crippen LogP contribution in [0.15, 0.2) is 12.3 Å². The minimum Gasteiger partial charge on any atom is -0.392 e. The van der Waals surface area contributed by atoms with Crippen LogP contribution in [-0.2, 0) is 6.18 Å². The first-order chi connectivity index (χ1) is 11.2. The predicted octanol–water partition coefficient (Wildman–Crippen LogP) is 3.04. The zero-order chi connectivity index (χ0) is 17.5. The summed E-state index contributed by atoms with van der Waals surface area (Å²) in [4.78, 5) is 8.07. The summed E-state index contributed by atoms with van der Waals surface area (Å²) in [6, 6.07) is 0.925. The van der Waals surface area contributed by atoms with Gasteiger partial charge in [-0.15, -0.1) is 0 Å². The Labute approximate surface area is 144 Å². The lowest BCUT2D eigenvalue weighted by Crippen LogP contribution is -2.58. The van der Waals surface area contributed by atoms with E-state index >= 15 is 0 Å². The highest BCUT2D eigenvalue weighted by Crippen LogP contribution is 2.41. The molecule has 4 nitrogen and oxygen atoms in total. The number of hydrogen-bond acceptors (Lipinski definition) is 4. The monoisotopic (exact) mass is 363 g/mol. The molecule has 0 unspecified atom stereocenters. The molecule has 24 heavy (non-hydrogen) atoms. The molecule has 1 aromatic rings. The lowest BCUT2D eigenvalue weighted by molar-refractivity contribution is -0.137. The van der Waals surface area contributed by atoms with Crippen LogP contribution >= 0.6 is 11.6 Å². The fraction of sp³-hybridized carbons (Fsp3) is 0.688. The van der Waals surface area contributed by atoms with Gasteiger partial charge in [-0.05, 0) is 32.4 Å². The average molecular weight is 364 g/mol. The lowest BCUT2D eigenvalue weighted by atomic mass is 9.71. The Morgan fingerprint density at radius 1 is 1.33 bits per heavy atom. The van der Waals surface area contributed by atoms with E-state index in [0.717, 1.165) is 38.2 Å². The molecular weight excluding hydrogens is 343 g/mol. The molecule has 1 aromatic heterocycles. The van der Waals surface area contributed by atoms with Crippen LogP contribution < -0.4 is 4.90 Å². The Morgan fingerprint density at radius 3 is 2.75 bits per heavy atom. The van der Waals surface area contributed by atoms with Gasteiger partial charge in [-0.2, -0.15) is 13.2 Å². The highest BCUT2D eigenvalue weighted by Gasteiger charge is 2.45. The van der Waals surface area contributed by atoms with Crippen molar-refractivity contribution in [1.82, 2.24) is 9.88 Å². The number of alkyl halides is 3. The van der Waals surface area contributed by atoms with E-state index in [0.29, 0.717) is 25.3 Å². The Balaban J connectivity index is 1.85. The van der Waals surface area contributed by atoms with Gasteiger partial charge in [-0.25, -0.2) is 4.98 Å². The van der Waals surface area contributed by atoms with Crippen molar-refractivity contribution in [2.45, 2.75) is 31.5 Å². The molecule has 134 valence electrons. The van der Waals surface area contributed by atoms with Gasteiger partial charge in [0.05, 0.1) is 16.7 Å². The maximum atomic E-state index is 12.8. The van der Waals surface area contributed by atoms with Gasteiger partial charge < -0.3 is 14.9 Å². The number of likely N-dealkylation sites (tertiary alicyclic amines) is 1. The Morgan fingerprint density at radius 2 is 2.08 bits per heavy atom. The van der Waals surface area contributed by atoms with Gasteiger partial charge in [0.1, 0.15) is 5.82 Å². The third-order valence-corrected chi connectivity index (χ3v) is 5.41. The quantitative estimate of drug-likeness (QED) is 0.832. The highest BCUT2D eigenvalue weighted by molar-refractivity contribution is 6.33. The summed E-state index contributed by atoms with van der Waals surface area (Å²) in [5, 5.41) is 10.5. The summed E-state index contributed by atoms with van der Waals surface area (Å²) in [7, 11) is 2.02. The zero-order valence-corrected chi connectivity index (χ0v) is 14.2. The zero-order valence-electron chi connectivity index (χ0n) is 13.5. The van der Waals surface area contributed by atoms with Gasteiger partial charge in [-0.1, -0.05) is 11.6 Å². The summed E-state index contributed by atoms with van der Waals surface area (Å²) < 4.78 is 38.3. The number of aliphatic hydroxyl groups excluding tert-OH is 1. The van der Waals surface area contributed by atoms with Crippen molar-refractivity contribution < 1.29 is 18.3 Å². The first-order valence-electron chi connectivity index (χ1n) is 8.06. The third-order valence-electron chi connectivity index (χ3n) is 5.13. The number of anilines is 1. The van der Waals surface area contributed by atoms with E-state index in [1.165, 1.54) is 0 Å². The number of aliphatic hydroxyl groups is 1. The topological polar surface area (TPSA) is 39.6 Å². The second-order valence-electron chi connectivity index (χ2n) is 6.96. The molecule has 2 aliphatic heterocycles. The fourth-order valence-corrected chi connectivity index (χ4v) is 4.22. The normalized spacial score (nSPS) is 29.2. The van der Waals surface area contributed by atoms with E-state index < -0.39 is 17.8 Å². The van der Waals surface area contributed by atoms with Crippen molar-refractivity contribution in [3.63, 3.8) is 0 Å². The molecular formula is C16H21ClF3N3O. The Kier molecular flexibility index (Phi) is 4.70. The van der Waals surface area contributed by atoms with Gasteiger partial charge in [-0.3, -0.25) is 0 Å². The number of rotatable bonds is 1. The fourth-order valence-electron chi connectivity index (χ4n) is 3.93. The number of nitrogens with zero attached hydrogens (tertiary/aromatic N) is 3. The molecule has 0 aromatic carbocycles. The first kappa shape index (κ1) is 17.8. The van der Waals surface area contributed by atoms with Crippen molar-refractivity contribution in [3.05, 3.63) is 22.8 Å². The maximum Gasteiger partial charge on any atom is 0.417 e. The second kappa shape index (κ2) is 6.35. The Hall–Kier alpha value is -1.05. The molecule has 0 amide bonds. The number of hydrogen-bond donors (Lipinski definition) is 1. The number of pyridine rings is 1. The molecule has 0 radical (unpaired) electrons. The van der Waals surface area contributed by atoms with Crippen LogP contribution in [0.25, 0.3) is 0 Å². The molecule has 0 aliphatic carbocycles. The average Bonchev–Trinajstić information content (AvgIpc) is 2.50. The van der Waals surface area contributed by atoms with E-state index in [9.17, 15) is 18.3 Å². The molecule has 2 aliphatic rings. The van der Waals surface area contributed by atoms with Crippen molar-refractivity contribution in [3.8, 4) is 0 Å². The lowest BCUT2D eigenvalue weighted by Gasteiger charge is -2.50. The molecule has 1 N–H and O–H groups in total. The van der Waals surface area contributed by atoms with Crippen LogP contribution in [0.1, 0.15) is 24.8 Å². The molecule has 2 fully saturated rings. The summed E-state index contributed by atoms with van der Waals surface area (Å²) >= 11 is 6.08. The van der Waals surface area contributed by atoms with E-state index in [2.05, 4.69) is 9.88 Å². The van der Waals surface area contributed by atoms with Gasteiger partial charge in [0.25, 0.3) is 0 Å². The second-order valence-corrected chi connectivity index (χ2v) is 7.36. The van der Waals surface area contributed by atoms with E-state index in [1.54, 1.807) is 0 Å². The SMILES string of the molecule is CN1CC[C@H](O)[C@@]2(CCCN(c3ncc(C(F)(F)F)cc3Cl)C2)C1. The first-order valence-corrected chi connectivity index (χ1v) is 8.43. The number of aromatic nitrogens is 1. The minimum absolute atomic E-state index is 0.000490. The van der Waals surface area contributed by atoms with Gasteiger partial charge >= 0.3 is 6.18 Å². The van der Waals surface area contributed by atoms with Crippen molar-refractivity contribution in [1.29, 1.82) is 0 Å². The Bertz CT molecular complexity index is 613. The molecule has 2 atom stereocenters. The van der Waals surface area contributed by atoms with Crippen molar-refractivity contribution >= 4 is 17.4 Å². The largest absolute Gasteiger partial charge is 0.417 e. The predicted molar refractivity (Wildman–Crippen MR) is 86.2 cm³/mol. The van der Waals surface area contributed by atoms with Gasteiger partial charge in [0, 0.05) is 37.8 Å². The van der Waals surface area contributed by atoms with Crippen LogP contribution in [0.5, 0.6) is 0 Å². The van der Waals surface area contributed by atoms with E-state index in [1.807, 2.05) is 11.9 Å². The molecule has 2 saturated heterocycles. The van der Waals surface area contributed by atoms with Crippen molar-refractivity contribution in [2.75, 3.05) is 38.1 Å². The smallest absolute Gasteiger partial charge is 0.392 e. The molecule has 8 heteroatoms. The molecule has 0 bridgehead atoms. The summed E-state index contributed by atoms with van der Waals surface area (Å²) in [5.41, 5.74) is -1.13. The summed E-state index contributed by atoms with van der Waals surface area (Å²) in [6.45, 7) is 2.85. The third kappa shape index (κ3) is 3.34. The molecule has 3 rings (SSSR count). The van der Waals surface area contributed by atoms with Crippen LogP contribution in [-0.4, -0.2) is 54.3 Å². The van der Waals surface area contributed by atoms with Crippen LogP contribution in [0, 0.1) is 5.41 Å². The van der Waals surface area contributed by atoms with Crippen LogP contribution in [0.3, 0.4) is 0 Å². The van der Waals surface area contributed by atoms with Crippen LogP contribution in [0.4, 0.5) is 19.0 Å². The van der Waals surface area contributed by atoms with Gasteiger partial charge in [0.2, 0.25) is 0 Å². The number of piperidine rings is 2.